The Morgan fingerprint density at radius 2 is 2.00 bits per heavy atom. The van der Waals surface area contributed by atoms with E-state index in [-0.39, 0.29) is 0 Å². The lowest BCUT2D eigenvalue weighted by Gasteiger charge is -2.27. The summed E-state index contributed by atoms with van der Waals surface area (Å²) < 4.78 is 0. The Kier molecular flexibility index (Phi) is 4.94. The third-order valence-corrected chi connectivity index (χ3v) is 3.61. The smallest absolute Gasteiger partial charge is 0.326 e. The molecule has 106 valence electrons. The van der Waals surface area contributed by atoms with E-state index < -0.39 is 23.5 Å². The van der Waals surface area contributed by atoms with Gasteiger partial charge in [0.15, 0.2) is 0 Å². The number of thiophene rings is 1. The molecular weight excluding hydrogens is 264 g/mol. The van der Waals surface area contributed by atoms with Crippen molar-refractivity contribution in [3.63, 3.8) is 0 Å². The molecule has 5 nitrogen and oxygen atoms in total. The van der Waals surface area contributed by atoms with Crippen LogP contribution in [-0.4, -0.2) is 23.1 Å². The molecule has 1 aromatic rings. The molecule has 3 N–H and O–H groups in total. The van der Waals surface area contributed by atoms with E-state index in [1.165, 1.54) is 4.88 Å². The molecule has 0 aliphatic rings. The zero-order chi connectivity index (χ0) is 14.6. The number of carboxylic acids is 1. The Bertz CT molecular complexity index is 463. The van der Waals surface area contributed by atoms with Gasteiger partial charge in [0.2, 0.25) is 0 Å². The average Bonchev–Trinajstić information content (AvgIpc) is 2.67. The van der Waals surface area contributed by atoms with Crippen molar-refractivity contribution in [1.82, 2.24) is 10.6 Å². The largest absolute Gasteiger partial charge is 0.480 e. The number of amides is 2. The van der Waals surface area contributed by atoms with Gasteiger partial charge in [0.25, 0.3) is 0 Å². The van der Waals surface area contributed by atoms with Gasteiger partial charge in [-0.25, -0.2) is 9.59 Å². The second-order valence-corrected chi connectivity index (χ2v) is 6.85. The minimum atomic E-state index is -1.03. The predicted molar refractivity (Wildman–Crippen MR) is 75.3 cm³/mol. The number of carbonyl (C=O) groups excluding carboxylic acids is 1. The number of carboxylic acid groups (broad SMARTS) is 1. The van der Waals surface area contributed by atoms with Gasteiger partial charge in [-0.2, -0.15) is 0 Å². The summed E-state index contributed by atoms with van der Waals surface area (Å²) >= 11 is 1.60. The molecule has 0 aliphatic heterocycles. The van der Waals surface area contributed by atoms with Gasteiger partial charge in [-0.15, -0.1) is 11.3 Å². The van der Waals surface area contributed by atoms with Crippen LogP contribution in [0.15, 0.2) is 12.1 Å². The second-order valence-electron chi connectivity index (χ2n) is 5.48. The standard InChI is InChI=1S/C13H20N2O3S/c1-8-5-6-9(19-8)7-14-12(18)15-10(11(16)17)13(2,3)4/h5-6,10H,7H2,1-4H3,(H,16,17)(H2,14,15,18)/t10-/m1/s1. The van der Waals surface area contributed by atoms with E-state index >= 15 is 0 Å². The van der Waals surface area contributed by atoms with Crippen LogP contribution in [0.2, 0.25) is 0 Å². The summed E-state index contributed by atoms with van der Waals surface area (Å²) in [6, 6.07) is 2.54. The first-order chi connectivity index (χ1) is 8.70. The summed E-state index contributed by atoms with van der Waals surface area (Å²) in [5, 5.41) is 14.3. The minimum absolute atomic E-state index is 0.404. The Morgan fingerprint density at radius 3 is 2.42 bits per heavy atom. The van der Waals surface area contributed by atoms with Crippen LogP contribution in [0.4, 0.5) is 4.79 Å². The summed E-state index contributed by atoms with van der Waals surface area (Å²) in [6.45, 7) is 7.72. The third kappa shape index (κ3) is 4.90. The van der Waals surface area contributed by atoms with Crippen molar-refractivity contribution in [3.05, 3.63) is 21.9 Å². The van der Waals surface area contributed by atoms with Gasteiger partial charge in [-0.3, -0.25) is 0 Å². The highest BCUT2D eigenvalue weighted by Gasteiger charge is 2.32. The summed E-state index contributed by atoms with van der Waals surface area (Å²) in [5.74, 6) is -1.03. The highest BCUT2D eigenvalue weighted by Crippen LogP contribution is 2.19. The zero-order valence-corrected chi connectivity index (χ0v) is 12.4. The molecule has 6 heteroatoms. The van der Waals surface area contributed by atoms with E-state index in [4.69, 9.17) is 5.11 Å². The Hall–Kier alpha value is -1.56. The molecule has 0 unspecified atom stereocenters. The van der Waals surface area contributed by atoms with E-state index in [2.05, 4.69) is 10.6 Å². The molecule has 0 radical (unpaired) electrons. The molecule has 0 bridgehead atoms. The number of hydrogen-bond donors (Lipinski definition) is 3. The number of carbonyl (C=O) groups is 2. The lowest BCUT2D eigenvalue weighted by molar-refractivity contribution is -0.141. The number of hydrogen-bond acceptors (Lipinski definition) is 3. The van der Waals surface area contributed by atoms with E-state index in [1.54, 1.807) is 32.1 Å². The van der Waals surface area contributed by atoms with Gasteiger partial charge < -0.3 is 15.7 Å². The minimum Gasteiger partial charge on any atom is -0.480 e. The van der Waals surface area contributed by atoms with E-state index in [1.807, 2.05) is 19.1 Å². The fraction of sp³-hybridized carbons (Fsp3) is 0.538. The van der Waals surface area contributed by atoms with Crippen LogP contribution >= 0.6 is 11.3 Å². The fourth-order valence-electron chi connectivity index (χ4n) is 1.58. The Morgan fingerprint density at radius 1 is 1.37 bits per heavy atom. The van der Waals surface area contributed by atoms with Gasteiger partial charge in [0.1, 0.15) is 6.04 Å². The maximum absolute atomic E-state index is 11.7. The van der Waals surface area contributed by atoms with Crippen LogP contribution in [0, 0.1) is 12.3 Å². The zero-order valence-electron chi connectivity index (χ0n) is 11.6. The molecule has 0 aliphatic carbocycles. The van der Waals surface area contributed by atoms with Crippen LogP contribution in [0.25, 0.3) is 0 Å². The van der Waals surface area contributed by atoms with Gasteiger partial charge in [-0.1, -0.05) is 20.8 Å². The third-order valence-electron chi connectivity index (χ3n) is 2.61. The number of urea groups is 1. The molecule has 19 heavy (non-hydrogen) atoms. The van der Waals surface area contributed by atoms with E-state index in [0.29, 0.717) is 6.54 Å². The van der Waals surface area contributed by atoms with Crippen LogP contribution in [-0.2, 0) is 11.3 Å². The summed E-state index contributed by atoms with van der Waals surface area (Å²) in [4.78, 5) is 25.0. The van der Waals surface area contributed by atoms with Crippen LogP contribution in [0.3, 0.4) is 0 Å². The van der Waals surface area contributed by atoms with Gasteiger partial charge in [0, 0.05) is 9.75 Å². The molecule has 0 saturated heterocycles. The Labute approximate surface area is 117 Å². The maximum Gasteiger partial charge on any atom is 0.326 e. The molecule has 1 atom stereocenters. The van der Waals surface area contributed by atoms with Crippen molar-refractivity contribution in [2.45, 2.75) is 40.3 Å². The quantitative estimate of drug-likeness (QED) is 0.794. The number of aryl methyl sites for hydroxylation is 1. The van der Waals surface area contributed by atoms with E-state index in [0.717, 1.165) is 4.88 Å². The highest BCUT2D eigenvalue weighted by molar-refractivity contribution is 7.11. The SMILES string of the molecule is Cc1ccc(CNC(=O)N[C@H](C(=O)O)C(C)(C)C)s1. The van der Waals surface area contributed by atoms with Crippen molar-refractivity contribution < 1.29 is 14.7 Å². The van der Waals surface area contributed by atoms with Crippen molar-refractivity contribution in [2.75, 3.05) is 0 Å². The van der Waals surface area contributed by atoms with Gasteiger partial charge in [0.05, 0.1) is 6.54 Å². The monoisotopic (exact) mass is 284 g/mol. The predicted octanol–water partition coefficient (Wildman–Crippen LogP) is 2.36. The van der Waals surface area contributed by atoms with Crippen LogP contribution in [0.1, 0.15) is 30.5 Å². The highest BCUT2D eigenvalue weighted by atomic mass is 32.1. The van der Waals surface area contributed by atoms with Crippen molar-refractivity contribution in [3.8, 4) is 0 Å². The molecule has 0 spiro atoms. The average molecular weight is 284 g/mol. The Balaban J connectivity index is 2.52. The van der Waals surface area contributed by atoms with Gasteiger partial charge in [-0.05, 0) is 24.5 Å². The molecule has 0 saturated carbocycles. The van der Waals surface area contributed by atoms with Crippen molar-refractivity contribution in [2.24, 2.45) is 5.41 Å². The molecule has 2 amide bonds. The number of nitrogens with one attached hydrogen (secondary N) is 2. The molecule has 1 rings (SSSR count). The molecule has 1 aromatic heterocycles. The number of rotatable bonds is 4. The lowest BCUT2D eigenvalue weighted by atomic mass is 9.87. The first-order valence-electron chi connectivity index (χ1n) is 6.02. The van der Waals surface area contributed by atoms with E-state index in [9.17, 15) is 9.59 Å². The van der Waals surface area contributed by atoms with Crippen LogP contribution in [0.5, 0.6) is 0 Å². The lowest BCUT2D eigenvalue weighted by Crippen LogP contribution is -2.52. The van der Waals surface area contributed by atoms with Crippen molar-refractivity contribution >= 4 is 23.3 Å². The fourth-order valence-corrected chi connectivity index (χ4v) is 2.41. The first kappa shape index (κ1) is 15.5. The second kappa shape index (κ2) is 6.06. The topological polar surface area (TPSA) is 78.4 Å². The molecule has 0 aromatic carbocycles. The summed E-state index contributed by atoms with van der Waals surface area (Å²) in [5.41, 5.74) is -0.539. The first-order valence-corrected chi connectivity index (χ1v) is 6.84. The summed E-state index contributed by atoms with van der Waals surface area (Å²) in [7, 11) is 0. The number of aliphatic carboxylic acids is 1. The molecular formula is C13H20N2O3S. The van der Waals surface area contributed by atoms with Gasteiger partial charge >= 0.3 is 12.0 Å². The normalized spacial score (nSPS) is 12.8. The molecule has 0 fully saturated rings. The van der Waals surface area contributed by atoms with Crippen LogP contribution < -0.4 is 10.6 Å². The maximum atomic E-state index is 11.7. The summed E-state index contributed by atoms with van der Waals surface area (Å²) in [6.07, 6.45) is 0. The van der Waals surface area contributed by atoms with Crippen molar-refractivity contribution in [1.29, 1.82) is 0 Å². The molecule has 1 heterocycles.